The van der Waals surface area contributed by atoms with Gasteiger partial charge in [-0.1, -0.05) is 12.1 Å². The van der Waals surface area contributed by atoms with Crippen LogP contribution in [0.2, 0.25) is 0 Å². The molecule has 0 bridgehead atoms. The van der Waals surface area contributed by atoms with E-state index in [0.717, 1.165) is 10.6 Å². The van der Waals surface area contributed by atoms with Crippen LogP contribution in [0.5, 0.6) is 0 Å². The van der Waals surface area contributed by atoms with Gasteiger partial charge in [-0.2, -0.15) is 0 Å². The first-order valence-corrected chi connectivity index (χ1v) is 8.90. The summed E-state index contributed by atoms with van der Waals surface area (Å²) in [5.41, 5.74) is 6.59. The summed E-state index contributed by atoms with van der Waals surface area (Å²) in [6.45, 7) is 1.69. The molecule has 1 saturated heterocycles. The molecule has 0 unspecified atom stereocenters. The van der Waals surface area contributed by atoms with Crippen molar-refractivity contribution in [2.24, 2.45) is 5.73 Å². The third-order valence-corrected chi connectivity index (χ3v) is 4.91. The van der Waals surface area contributed by atoms with Crippen LogP contribution in [0, 0.1) is 5.82 Å². The standard InChI is InChI=1S/C17H19FN4O2S.ClH/c18-13-3-1-2-12(8-13)9-21-6-7-22(10-16(21)23)17(24)14-11-25-15(20-14)4-5-19;/h1-3,8,11H,4-7,9-10,19H2;1H. The maximum atomic E-state index is 13.3. The number of halogens is 2. The van der Waals surface area contributed by atoms with Gasteiger partial charge in [0.2, 0.25) is 5.91 Å². The zero-order valence-corrected chi connectivity index (χ0v) is 15.7. The average molecular weight is 399 g/mol. The molecule has 1 aromatic carbocycles. The maximum absolute atomic E-state index is 13.3. The predicted molar refractivity (Wildman–Crippen MR) is 99.8 cm³/mol. The molecule has 9 heteroatoms. The molecule has 2 amide bonds. The first-order chi connectivity index (χ1) is 12.1. The van der Waals surface area contributed by atoms with Gasteiger partial charge in [0.25, 0.3) is 5.91 Å². The van der Waals surface area contributed by atoms with Gasteiger partial charge in [0, 0.05) is 31.4 Å². The predicted octanol–water partition coefficient (Wildman–Crippen LogP) is 1.69. The highest BCUT2D eigenvalue weighted by molar-refractivity contribution is 7.09. The smallest absolute Gasteiger partial charge is 0.273 e. The van der Waals surface area contributed by atoms with Crippen molar-refractivity contribution in [1.29, 1.82) is 0 Å². The Bertz CT molecular complexity index is 786. The van der Waals surface area contributed by atoms with Crippen LogP contribution in [0.3, 0.4) is 0 Å². The number of carbonyl (C=O) groups excluding carboxylic acids is 2. The van der Waals surface area contributed by atoms with Crippen molar-refractivity contribution in [2.45, 2.75) is 13.0 Å². The number of carbonyl (C=O) groups is 2. The number of amides is 2. The van der Waals surface area contributed by atoms with Gasteiger partial charge >= 0.3 is 0 Å². The van der Waals surface area contributed by atoms with Crippen LogP contribution in [0.15, 0.2) is 29.6 Å². The van der Waals surface area contributed by atoms with Crippen LogP contribution >= 0.6 is 23.7 Å². The lowest BCUT2D eigenvalue weighted by Gasteiger charge is -2.34. The van der Waals surface area contributed by atoms with Crippen molar-refractivity contribution in [3.05, 3.63) is 51.7 Å². The number of piperazine rings is 1. The first-order valence-electron chi connectivity index (χ1n) is 8.03. The lowest BCUT2D eigenvalue weighted by molar-refractivity contribution is -0.135. The molecule has 1 fully saturated rings. The van der Waals surface area contributed by atoms with Crippen LogP contribution < -0.4 is 5.73 Å². The van der Waals surface area contributed by atoms with Crippen molar-refractivity contribution >= 4 is 35.6 Å². The SMILES string of the molecule is Cl.NCCc1nc(C(=O)N2CCN(Cc3cccc(F)c3)C(=O)C2)cs1. The molecular weight excluding hydrogens is 379 g/mol. The Kier molecular flexibility index (Phi) is 7.07. The van der Waals surface area contributed by atoms with Gasteiger partial charge in [0.05, 0.1) is 5.01 Å². The van der Waals surface area contributed by atoms with Crippen molar-refractivity contribution in [1.82, 2.24) is 14.8 Å². The number of hydrogen-bond donors (Lipinski definition) is 1. The molecule has 0 aliphatic carbocycles. The minimum absolute atomic E-state index is 0. The zero-order valence-electron chi connectivity index (χ0n) is 14.1. The Morgan fingerprint density at radius 1 is 1.35 bits per heavy atom. The van der Waals surface area contributed by atoms with Crippen LogP contribution in [-0.2, 0) is 17.8 Å². The third kappa shape index (κ3) is 4.78. The van der Waals surface area contributed by atoms with E-state index in [2.05, 4.69) is 4.98 Å². The van der Waals surface area contributed by atoms with Gasteiger partial charge in [-0.25, -0.2) is 9.37 Å². The lowest BCUT2D eigenvalue weighted by atomic mass is 10.2. The Morgan fingerprint density at radius 2 is 2.15 bits per heavy atom. The molecule has 1 aliphatic heterocycles. The molecule has 2 heterocycles. The fraction of sp³-hybridized carbons (Fsp3) is 0.353. The van der Waals surface area contributed by atoms with E-state index in [9.17, 15) is 14.0 Å². The van der Waals surface area contributed by atoms with E-state index in [1.54, 1.807) is 22.4 Å². The molecular formula is C17H20ClFN4O2S. The van der Waals surface area contributed by atoms with E-state index >= 15 is 0 Å². The summed E-state index contributed by atoms with van der Waals surface area (Å²) in [6, 6.07) is 6.19. The van der Waals surface area contributed by atoms with E-state index in [0.29, 0.717) is 38.3 Å². The minimum atomic E-state index is -0.324. The summed E-state index contributed by atoms with van der Waals surface area (Å²) >= 11 is 1.40. The average Bonchev–Trinajstić information content (AvgIpc) is 3.05. The van der Waals surface area contributed by atoms with E-state index in [1.165, 1.54) is 28.4 Å². The fourth-order valence-corrected chi connectivity index (χ4v) is 3.50. The molecule has 2 aromatic rings. The molecule has 0 radical (unpaired) electrons. The fourth-order valence-electron chi connectivity index (χ4n) is 2.71. The summed E-state index contributed by atoms with van der Waals surface area (Å²) in [5, 5.41) is 2.53. The summed E-state index contributed by atoms with van der Waals surface area (Å²) < 4.78 is 13.3. The number of benzene rings is 1. The molecule has 140 valence electrons. The molecule has 0 saturated carbocycles. The second-order valence-electron chi connectivity index (χ2n) is 5.84. The molecule has 1 aliphatic rings. The van der Waals surface area contributed by atoms with Gasteiger partial charge in [0.15, 0.2) is 0 Å². The highest BCUT2D eigenvalue weighted by atomic mass is 35.5. The lowest BCUT2D eigenvalue weighted by Crippen LogP contribution is -2.51. The van der Waals surface area contributed by atoms with Gasteiger partial charge < -0.3 is 15.5 Å². The Balaban J connectivity index is 0.00000243. The van der Waals surface area contributed by atoms with Crippen molar-refractivity contribution in [3.63, 3.8) is 0 Å². The Hall–Kier alpha value is -2.03. The molecule has 0 atom stereocenters. The van der Waals surface area contributed by atoms with Gasteiger partial charge in [-0.05, 0) is 24.2 Å². The van der Waals surface area contributed by atoms with Gasteiger partial charge in [0.1, 0.15) is 18.1 Å². The number of nitrogens with two attached hydrogens (primary N) is 1. The van der Waals surface area contributed by atoms with E-state index in [1.807, 2.05) is 0 Å². The Morgan fingerprint density at radius 3 is 2.85 bits per heavy atom. The molecule has 3 rings (SSSR count). The summed E-state index contributed by atoms with van der Waals surface area (Å²) in [5.74, 6) is -0.713. The highest BCUT2D eigenvalue weighted by Crippen LogP contribution is 2.15. The normalized spacial score (nSPS) is 14.3. The number of thiazole rings is 1. The molecule has 1 aromatic heterocycles. The third-order valence-electron chi connectivity index (χ3n) is 4.00. The highest BCUT2D eigenvalue weighted by Gasteiger charge is 2.28. The van der Waals surface area contributed by atoms with Gasteiger partial charge in [-0.3, -0.25) is 9.59 Å². The summed E-state index contributed by atoms with van der Waals surface area (Å²) in [7, 11) is 0. The molecule has 0 spiro atoms. The largest absolute Gasteiger partial charge is 0.335 e. The summed E-state index contributed by atoms with van der Waals surface area (Å²) in [6.07, 6.45) is 0.637. The van der Waals surface area contributed by atoms with Crippen molar-refractivity contribution < 1.29 is 14.0 Å². The van der Waals surface area contributed by atoms with Gasteiger partial charge in [-0.15, -0.1) is 23.7 Å². The molecule has 26 heavy (non-hydrogen) atoms. The molecule has 6 nitrogen and oxygen atoms in total. The Labute approximate surface area is 161 Å². The quantitative estimate of drug-likeness (QED) is 0.831. The van der Waals surface area contributed by atoms with Crippen molar-refractivity contribution in [3.8, 4) is 0 Å². The van der Waals surface area contributed by atoms with E-state index < -0.39 is 0 Å². The van der Waals surface area contributed by atoms with Crippen molar-refractivity contribution in [2.75, 3.05) is 26.2 Å². The number of hydrogen-bond acceptors (Lipinski definition) is 5. The summed E-state index contributed by atoms with van der Waals surface area (Å²) in [4.78, 5) is 32.3. The van der Waals surface area contributed by atoms with Crippen LogP contribution in [0.25, 0.3) is 0 Å². The monoisotopic (exact) mass is 398 g/mol. The number of aromatic nitrogens is 1. The molecule has 2 N–H and O–H groups in total. The van der Waals surface area contributed by atoms with E-state index in [-0.39, 0.29) is 36.6 Å². The van der Waals surface area contributed by atoms with Crippen LogP contribution in [0.1, 0.15) is 21.1 Å². The zero-order chi connectivity index (χ0) is 17.8. The minimum Gasteiger partial charge on any atom is -0.335 e. The van der Waals surface area contributed by atoms with Crippen LogP contribution in [-0.4, -0.2) is 52.8 Å². The second kappa shape index (κ2) is 9.07. The van der Waals surface area contributed by atoms with Crippen LogP contribution in [0.4, 0.5) is 4.39 Å². The topological polar surface area (TPSA) is 79.5 Å². The second-order valence-corrected chi connectivity index (χ2v) is 6.78. The first kappa shape index (κ1) is 20.3. The number of nitrogens with zero attached hydrogens (tertiary/aromatic N) is 3. The number of rotatable bonds is 5. The van der Waals surface area contributed by atoms with E-state index in [4.69, 9.17) is 5.73 Å². The maximum Gasteiger partial charge on any atom is 0.273 e.